The largest absolute Gasteiger partial charge is 0.453 e. The maximum atomic E-state index is 11.6. The van der Waals surface area contributed by atoms with Crippen molar-refractivity contribution in [1.82, 2.24) is 9.88 Å². The molecule has 0 aliphatic carbocycles. The van der Waals surface area contributed by atoms with E-state index >= 15 is 0 Å². The van der Waals surface area contributed by atoms with Crippen LogP contribution in [0.4, 0.5) is 10.6 Å². The van der Waals surface area contributed by atoms with E-state index in [1.165, 1.54) is 23.6 Å². The highest BCUT2D eigenvalue weighted by atomic mass is 16.5. The van der Waals surface area contributed by atoms with Crippen LogP contribution in [0.2, 0.25) is 0 Å². The maximum Gasteiger partial charge on any atom is 0.409 e. The van der Waals surface area contributed by atoms with Crippen molar-refractivity contribution >= 4 is 22.8 Å². The molecule has 3 rings (SSSR count). The highest BCUT2D eigenvalue weighted by molar-refractivity contribution is 5.86. The molecule has 5 nitrogen and oxygen atoms in total. The van der Waals surface area contributed by atoms with Gasteiger partial charge in [-0.2, -0.15) is 0 Å². The van der Waals surface area contributed by atoms with Crippen molar-refractivity contribution in [2.24, 2.45) is 0 Å². The summed E-state index contributed by atoms with van der Waals surface area (Å²) in [6.45, 7) is 7.10. The number of anilines is 1. The predicted octanol–water partition coefficient (Wildman–Crippen LogP) is 2.74. The lowest BCUT2D eigenvalue weighted by Gasteiger charge is -2.34. The summed E-state index contributed by atoms with van der Waals surface area (Å²) in [6, 6.07) is 8.41. The van der Waals surface area contributed by atoms with Gasteiger partial charge in [0.25, 0.3) is 0 Å². The highest BCUT2D eigenvalue weighted by Gasteiger charge is 2.22. The van der Waals surface area contributed by atoms with Crippen LogP contribution in [0.25, 0.3) is 10.9 Å². The first-order valence-corrected chi connectivity index (χ1v) is 7.55. The molecule has 1 aliphatic heterocycles. The number of fused-ring (bicyclic) bond motifs is 1. The molecule has 5 heteroatoms. The zero-order valence-electron chi connectivity index (χ0n) is 13.3. The fourth-order valence-corrected chi connectivity index (χ4v) is 2.95. The number of aryl methyl sites for hydroxylation is 2. The number of carbonyl (C=O) groups is 1. The van der Waals surface area contributed by atoms with Crippen molar-refractivity contribution in [2.45, 2.75) is 13.8 Å². The first-order chi connectivity index (χ1) is 10.6. The molecule has 0 N–H and O–H groups in total. The fourth-order valence-electron chi connectivity index (χ4n) is 2.95. The Balaban J connectivity index is 1.86. The van der Waals surface area contributed by atoms with Crippen LogP contribution in [0.5, 0.6) is 0 Å². The molecule has 116 valence electrons. The molecule has 1 aromatic carbocycles. The Bertz CT molecular complexity index is 706. The van der Waals surface area contributed by atoms with E-state index in [0.29, 0.717) is 13.1 Å². The molecule has 2 heterocycles. The predicted molar refractivity (Wildman–Crippen MR) is 87.4 cm³/mol. The first-order valence-electron chi connectivity index (χ1n) is 7.55. The number of aromatic nitrogens is 1. The minimum Gasteiger partial charge on any atom is -0.453 e. The SMILES string of the molecule is COC(=O)N1CCN(c2cc(C)c3cccc(C)c3n2)CC1. The lowest BCUT2D eigenvalue weighted by molar-refractivity contribution is 0.121. The number of carbonyl (C=O) groups excluding carboxylic acids is 1. The Morgan fingerprint density at radius 2 is 1.86 bits per heavy atom. The average Bonchev–Trinajstić information content (AvgIpc) is 2.55. The second kappa shape index (κ2) is 5.83. The molecule has 0 spiro atoms. The highest BCUT2D eigenvalue weighted by Crippen LogP contribution is 2.25. The minimum absolute atomic E-state index is 0.252. The summed E-state index contributed by atoms with van der Waals surface area (Å²) in [5.41, 5.74) is 3.49. The van der Waals surface area contributed by atoms with E-state index < -0.39 is 0 Å². The van der Waals surface area contributed by atoms with Gasteiger partial charge in [-0.25, -0.2) is 9.78 Å². The third-order valence-corrected chi connectivity index (χ3v) is 4.27. The molecule has 0 atom stereocenters. The molecule has 0 unspecified atom stereocenters. The van der Waals surface area contributed by atoms with Gasteiger partial charge in [0.15, 0.2) is 0 Å². The van der Waals surface area contributed by atoms with Gasteiger partial charge >= 0.3 is 6.09 Å². The molecule has 2 aromatic rings. The number of benzene rings is 1. The molecule has 1 fully saturated rings. The Labute approximate surface area is 130 Å². The van der Waals surface area contributed by atoms with E-state index in [0.717, 1.165) is 24.4 Å². The smallest absolute Gasteiger partial charge is 0.409 e. The summed E-state index contributed by atoms with van der Waals surface area (Å²) >= 11 is 0. The van der Waals surface area contributed by atoms with Gasteiger partial charge in [-0.1, -0.05) is 18.2 Å². The third-order valence-electron chi connectivity index (χ3n) is 4.27. The standard InChI is InChI=1S/C17H21N3O2/c1-12-5-4-6-14-13(2)11-15(18-16(12)14)19-7-9-20(10-8-19)17(21)22-3/h4-6,11H,7-10H2,1-3H3. The number of piperazine rings is 1. The number of ether oxygens (including phenoxy) is 1. The van der Waals surface area contributed by atoms with Gasteiger partial charge < -0.3 is 14.5 Å². The number of methoxy groups -OCH3 is 1. The Morgan fingerprint density at radius 3 is 2.55 bits per heavy atom. The van der Waals surface area contributed by atoms with Crippen LogP contribution in [-0.2, 0) is 4.74 Å². The van der Waals surface area contributed by atoms with Crippen molar-refractivity contribution in [1.29, 1.82) is 0 Å². The Hall–Kier alpha value is -2.30. The summed E-state index contributed by atoms with van der Waals surface area (Å²) in [7, 11) is 1.42. The van der Waals surface area contributed by atoms with E-state index in [4.69, 9.17) is 9.72 Å². The normalized spacial score (nSPS) is 15.2. The van der Waals surface area contributed by atoms with Gasteiger partial charge in [0, 0.05) is 31.6 Å². The topological polar surface area (TPSA) is 45.7 Å². The van der Waals surface area contributed by atoms with Crippen LogP contribution in [0.3, 0.4) is 0 Å². The summed E-state index contributed by atoms with van der Waals surface area (Å²) in [5.74, 6) is 0.990. The van der Waals surface area contributed by atoms with E-state index in [-0.39, 0.29) is 6.09 Å². The number of rotatable bonds is 1. The molecular formula is C17H21N3O2. The minimum atomic E-state index is -0.252. The lowest BCUT2D eigenvalue weighted by Crippen LogP contribution is -2.49. The van der Waals surface area contributed by atoms with Gasteiger partial charge in [-0.3, -0.25) is 0 Å². The molecule has 1 amide bonds. The van der Waals surface area contributed by atoms with E-state index in [1.807, 2.05) is 0 Å². The van der Waals surface area contributed by atoms with E-state index in [9.17, 15) is 4.79 Å². The third kappa shape index (κ3) is 2.58. The van der Waals surface area contributed by atoms with E-state index in [2.05, 4.69) is 43.0 Å². The van der Waals surface area contributed by atoms with E-state index in [1.54, 1.807) is 4.90 Å². The average molecular weight is 299 g/mol. The quantitative estimate of drug-likeness (QED) is 0.812. The molecule has 0 radical (unpaired) electrons. The van der Waals surface area contributed by atoms with Gasteiger partial charge in [0.05, 0.1) is 12.6 Å². The molecule has 1 saturated heterocycles. The Kier molecular flexibility index (Phi) is 3.88. The second-order valence-electron chi connectivity index (χ2n) is 5.71. The summed E-state index contributed by atoms with van der Waals surface area (Å²) in [5, 5.41) is 1.21. The van der Waals surface area contributed by atoms with Crippen LogP contribution in [0, 0.1) is 13.8 Å². The molecular weight excluding hydrogens is 278 g/mol. The number of amides is 1. The van der Waals surface area contributed by atoms with Crippen LogP contribution in [0.1, 0.15) is 11.1 Å². The van der Waals surface area contributed by atoms with Crippen molar-refractivity contribution < 1.29 is 9.53 Å². The van der Waals surface area contributed by atoms with Crippen LogP contribution < -0.4 is 4.90 Å². The van der Waals surface area contributed by atoms with Gasteiger partial charge in [-0.05, 0) is 31.0 Å². The summed E-state index contributed by atoms with van der Waals surface area (Å²) < 4.78 is 4.78. The van der Waals surface area contributed by atoms with Crippen LogP contribution in [-0.4, -0.2) is 49.3 Å². The van der Waals surface area contributed by atoms with Crippen molar-refractivity contribution in [3.05, 3.63) is 35.4 Å². The molecule has 0 bridgehead atoms. The number of pyridine rings is 1. The van der Waals surface area contributed by atoms with Gasteiger partial charge in [0.2, 0.25) is 0 Å². The molecule has 1 aromatic heterocycles. The zero-order valence-corrected chi connectivity index (χ0v) is 13.3. The van der Waals surface area contributed by atoms with Crippen molar-refractivity contribution in [3.63, 3.8) is 0 Å². The summed E-state index contributed by atoms with van der Waals surface area (Å²) in [4.78, 5) is 20.4. The Morgan fingerprint density at radius 1 is 1.14 bits per heavy atom. The number of nitrogens with zero attached hydrogens (tertiary/aromatic N) is 3. The molecule has 0 saturated carbocycles. The number of hydrogen-bond donors (Lipinski definition) is 0. The summed E-state index contributed by atoms with van der Waals surface area (Å²) in [6.07, 6.45) is -0.252. The van der Waals surface area contributed by atoms with Gasteiger partial charge in [0.1, 0.15) is 5.82 Å². The molecule has 1 aliphatic rings. The number of hydrogen-bond acceptors (Lipinski definition) is 4. The lowest BCUT2D eigenvalue weighted by atomic mass is 10.1. The van der Waals surface area contributed by atoms with Crippen molar-refractivity contribution in [2.75, 3.05) is 38.2 Å². The zero-order chi connectivity index (χ0) is 15.7. The molecule has 22 heavy (non-hydrogen) atoms. The monoisotopic (exact) mass is 299 g/mol. The van der Waals surface area contributed by atoms with Gasteiger partial charge in [-0.15, -0.1) is 0 Å². The fraction of sp³-hybridized carbons (Fsp3) is 0.412. The van der Waals surface area contributed by atoms with Crippen LogP contribution >= 0.6 is 0 Å². The second-order valence-corrected chi connectivity index (χ2v) is 5.71. The maximum absolute atomic E-state index is 11.6. The first kappa shape index (κ1) is 14.6. The van der Waals surface area contributed by atoms with Crippen LogP contribution in [0.15, 0.2) is 24.3 Å². The van der Waals surface area contributed by atoms with Crippen molar-refractivity contribution in [3.8, 4) is 0 Å². The number of para-hydroxylation sites is 1.